The first-order chi connectivity index (χ1) is 15.4. The fourth-order valence-electron chi connectivity index (χ4n) is 3.16. The number of rotatable bonds is 7. The van der Waals surface area contributed by atoms with Gasteiger partial charge in [0.05, 0.1) is 13.2 Å². The minimum absolute atomic E-state index is 0.0471. The van der Waals surface area contributed by atoms with Gasteiger partial charge in [-0.25, -0.2) is 0 Å². The molecule has 1 aliphatic rings. The van der Waals surface area contributed by atoms with E-state index in [1.54, 1.807) is 30.3 Å². The predicted molar refractivity (Wildman–Crippen MR) is 118 cm³/mol. The molecule has 170 valence electrons. The summed E-state index contributed by atoms with van der Waals surface area (Å²) in [5.74, 6) is -0.363. The monoisotopic (exact) mass is 441 g/mol. The Kier molecular flexibility index (Phi) is 7.67. The van der Waals surface area contributed by atoms with E-state index in [-0.39, 0.29) is 23.1 Å². The van der Waals surface area contributed by atoms with Gasteiger partial charge < -0.3 is 19.5 Å². The average Bonchev–Trinajstić information content (AvgIpc) is 3.32. The van der Waals surface area contributed by atoms with E-state index in [4.69, 9.17) is 14.2 Å². The summed E-state index contributed by atoms with van der Waals surface area (Å²) in [5.41, 5.74) is 5.77. The highest BCUT2D eigenvalue weighted by atomic mass is 16.5. The van der Waals surface area contributed by atoms with Gasteiger partial charge in [-0.15, -0.1) is 0 Å². The van der Waals surface area contributed by atoms with Crippen molar-refractivity contribution in [3.05, 3.63) is 53.6 Å². The zero-order valence-electron chi connectivity index (χ0n) is 18.3. The highest BCUT2D eigenvalue weighted by molar-refractivity contribution is 6.01. The van der Waals surface area contributed by atoms with Crippen molar-refractivity contribution in [3.63, 3.8) is 0 Å². The molecular formula is C23H27N3O6. The second-order valence-corrected chi connectivity index (χ2v) is 7.51. The molecule has 9 nitrogen and oxygen atoms in total. The van der Waals surface area contributed by atoms with Gasteiger partial charge in [0.25, 0.3) is 17.7 Å². The number of ether oxygens (including phenoxy) is 3. The number of anilines is 1. The van der Waals surface area contributed by atoms with E-state index in [0.29, 0.717) is 30.2 Å². The van der Waals surface area contributed by atoms with E-state index >= 15 is 0 Å². The number of nitrogens with one attached hydrogen (secondary N) is 3. The van der Waals surface area contributed by atoms with Crippen LogP contribution in [-0.2, 0) is 9.53 Å². The van der Waals surface area contributed by atoms with Gasteiger partial charge in [0.15, 0.2) is 11.5 Å². The van der Waals surface area contributed by atoms with Crippen LogP contribution in [0.4, 0.5) is 5.69 Å². The van der Waals surface area contributed by atoms with Crippen molar-refractivity contribution in [2.45, 2.75) is 38.9 Å². The minimum Gasteiger partial charge on any atom is -0.493 e. The Morgan fingerprint density at radius 3 is 2.34 bits per heavy atom. The molecule has 0 radical (unpaired) electrons. The lowest BCUT2D eigenvalue weighted by Crippen LogP contribution is -2.41. The van der Waals surface area contributed by atoms with Gasteiger partial charge in [-0.3, -0.25) is 25.2 Å². The van der Waals surface area contributed by atoms with Crippen molar-refractivity contribution in [2.24, 2.45) is 0 Å². The summed E-state index contributed by atoms with van der Waals surface area (Å²) in [7, 11) is 1.48. The predicted octanol–water partition coefficient (Wildman–Crippen LogP) is 2.67. The molecule has 1 fully saturated rings. The number of carbonyl (C=O) groups excluding carboxylic acids is 3. The van der Waals surface area contributed by atoms with Crippen molar-refractivity contribution in [1.82, 2.24) is 10.9 Å². The van der Waals surface area contributed by atoms with E-state index < -0.39 is 17.9 Å². The topological polar surface area (TPSA) is 115 Å². The van der Waals surface area contributed by atoms with Crippen LogP contribution >= 0.6 is 0 Å². The van der Waals surface area contributed by atoms with Gasteiger partial charge >= 0.3 is 0 Å². The lowest BCUT2D eigenvalue weighted by molar-refractivity contribution is -0.124. The molecule has 3 amide bonds. The Morgan fingerprint density at radius 1 is 1.00 bits per heavy atom. The maximum atomic E-state index is 12.5. The van der Waals surface area contributed by atoms with Crippen molar-refractivity contribution < 1.29 is 28.6 Å². The quantitative estimate of drug-likeness (QED) is 0.569. The normalized spacial score (nSPS) is 15.2. The molecule has 3 rings (SSSR count). The third-order valence-corrected chi connectivity index (χ3v) is 4.69. The summed E-state index contributed by atoms with van der Waals surface area (Å²) in [6.45, 7) is 4.34. The zero-order chi connectivity index (χ0) is 23.1. The highest BCUT2D eigenvalue weighted by Crippen LogP contribution is 2.29. The van der Waals surface area contributed by atoms with Crippen molar-refractivity contribution >= 4 is 23.4 Å². The van der Waals surface area contributed by atoms with E-state index in [1.807, 2.05) is 13.8 Å². The van der Waals surface area contributed by atoms with Crippen LogP contribution in [0.3, 0.4) is 0 Å². The summed E-state index contributed by atoms with van der Waals surface area (Å²) in [4.78, 5) is 37.1. The van der Waals surface area contributed by atoms with Crippen LogP contribution in [0.15, 0.2) is 42.5 Å². The molecule has 9 heteroatoms. The summed E-state index contributed by atoms with van der Waals surface area (Å²) < 4.78 is 16.3. The van der Waals surface area contributed by atoms with Crippen LogP contribution in [-0.4, -0.2) is 43.6 Å². The first-order valence-electron chi connectivity index (χ1n) is 10.3. The van der Waals surface area contributed by atoms with Crippen LogP contribution in [0.1, 0.15) is 47.4 Å². The average molecular weight is 441 g/mol. The molecule has 0 bridgehead atoms. The van der Waals surface area contributed by atoms with Crippen molar-refractivity contribution in [3.8, 4) is 11.5 Å². The minimum atomic E-state index is -0.529. The number of amides is 3. The van der Waals surface area contributed by atoms with Crippen LogP contribution in [0.2, 0.25) is 0 Å². The summed E-state index contributed by atoms with van der Waals surface area (Å²) >= 11 is 0. The smallest absolute Gasteiger partial charge is 0.269 e. The molecule has 0 spiro atoms. The maximum Gasteiger partial charge on any atom is 0.269 e. The Morgan fingerprint density at radius 2 is 1.72 bits per heavy atom. The van der Waals surface area contributed by atoms with Gasteiger partial charge in [-0.2, -0.15) is 0 Å². The third kappa shape index (κ3) is 5.98. The van der Waals surface area contributed by atoms with Gasteiger partial charge in [-0.05, 0) is 63.1 Å². The van der Waals surface area contributed by atoms with Gasteiger partial charge in [0.2, 0.25) is 0 Å². The molecule has 2 aromatic rings. The molecule has 1 atom stereocenters. The molecule has 1 unspecified atom stereocenters. The molecule has 0 aromatic heterocycles. The molecule has 3 N–H and O–H groups in total. The molecule has 1 heterocycles. The standard InChI is InChI=1S/C23H27N3O6/c1-14(2)32-18-10-9-16(13-20(18)30-3)22(28)26-25-21(27)15-6-4-7-17(12-15)24-23(29)19-8-5-11-31-19/h4,6-7,9-10,12-14,19H,5,8,11H2,1-3H3,(H,24,29)(H,25,27)(H,26,28). The number of benzene rings is 2. The fraction of sp³-hybridized carbons (Fsp3) is 0.348. The largest absolute Gasteiger partial charge is 0.493 e. The first kappa shape index (κ1) is 23.1. The molecule has 1 saturated heterocycles. The van der Waals surface area contributed by atoms with Gasteiger partial charge in [0, 0.05) is 23.4 Å². The molecule has 1 aliphatic heterocycles. The number of hydrazine groups is 1. The lowest BCUT2D eigenvalue weighted by atomic mass is 10.1. The van der Waals surface area contributed by atoms with Crippen LogP contribution in [0, 0.1) is 0 Å². The van der Waals surface area contributed by atoms with E-state index in [9.17, 15) is 14.4 Å². The highest BCUT2D eigenvalue weighted by Gasteiger charge is 2.23. The van der Waals surface area contributed by atoms with Gasteiger partial charge in [-0.1, -0.05) is 6.07 Å². The molecule has 0 saturated carbocycles. The van der Waals surface area contributed by atoms with Crippen LogP contribution in [0.5, 0.6) is 11.5 Å². The van der Waals surface area contributed by atoms with Gasteiger partial charge in [0.1, 0.15) is 6.10 Å². The Bertz CT molecular complexity index is 985. The SMILES string of the molecule is COc1cc(C(=O)NNC(=O)c2cccc(NC(=O)C3CCCO3)c2)ccc1OC(C)C. The number of hydrogen-bond donors (Lipinski definition) is 3. The molecular weight excluding hydrogens is 414 g/mol. The van der Waals surface area contributed by atoms with Crippen LogP contribution in [0.25, 0.3) is 0 Å². The van der Waals surface area contributed by atoms with Crippen molar-refractivity contribution in [1.29, 1.82) is 0 Å². The molecule has 2 aromatic carbocycles. The van der Waals surface area contributed by atoms with Crippen LogP contribution < -0.4 is 25.6 Å². The second kappa shape index (κ2) is 10.6. The summed E-state index contributed by atoms with van der Waals surface area (Å²) in [6.07, 6.45) is 1.00. The second-order valence-electron chi connectivity index (χ2n) is 7.51. The van der Waals surface area contributed by atoms with Crippen molar-refractivity contribution in [2.75, 3.05) is 19.0 Å². The molecule has 32 heavy (non-hydrogen) atoms. The molecule has 0 aliphatic carbocycles. The Hall–Kier alpha value is -3.59. The summed E-state index contributed by atoms with van der Waals surface area (Å²) in [5, 5.41) is 2.74. The van der Waals surface area contributed by atoms with E-state index in [1.165, 1.54) is 19.2 Å². The lowest BCUT2D eigenvalue weighted by Gasteiger charge is -2.15. The summed E-state index contributed by atoms with van der Waals surface area (Å²) in [6, 6.07) is 11.1. The van der Waals surface area contributed by atoms with E-state index in [2.05, 4.69) is 16.2 Å². The Balaban J connectivity index is 1.59. The third-order valence-electron chi connectivity index (χ3n) is 4.69. The Labute approximate surface area is 186 Å². The van der Waals surface area contributed by atoms with E-state index in [0.717, 1.165) is 6.42 Å². The fourth-order valence-corrected chi connectivity index (χ4v) is 3.16. The number of carbonyl (C=O) groups is 3. The maximum absolute atomic E-state index is 12.5. The number of methoxy groups -OCH3 is 1. The zero-order valence-corrected chi connectivity index (χ0v) is 18.3. The first-order valence-corrected chi connectivity index (χ1v) is 10.3. The number of hydrogen-bond acceptors (Lipinski definition) is 6.